The van der Waals surface area contributed by atoms with Crippen LogP contribution < -0.4 is 20.3 Å². The van der Waals surface area contributed by atoms with E-state index in [1.165, 1.54) is 50.6 Å². The van der Waals surface area contributed by atoms with Crippen molar-refractivity contribution in [2.45, 2.75) is 0 Å². The van der Waals surface area contributed by atoms with E-state index >= 15 is 0 Å². The van der Waals surface area contributed by atoms with E-state index in [2.05, 4.69) is 0 Å². The molecule has 10 heteroatoms. The van der Waals surface area contributed by atoms with Crippen LogP contribution in [0.3, 0.4) is 0 Å². The molecule has 0 radical (unpaired) electrons. The summed E-state index contributed by atoms with van der Waals surface area (Å²) in [5, 5.41) is 41.4. The molecule has 2 aromatic heterocycles. The zero-order valence-corrected chi connectivity index (χ0v) is 22.2. The summed E-state index contributed by atoms with van der Waals surface area (Å²) in [6.07, 6.45) is 0. The third kappa shape index (κ3) is 4.31. The number of rotatable bonds is 5. The van der Waals surface area contributed by atoms with E-state index in [1.807, 2.05) is 0 Å². The summed E-state index contributed by atoms with van der Waals surface area (Å²) in [4.78, 5) is 26.2. The highest BCUT2D eigenvalue weighted by Crippen LogP contribution is 2.46. The molecule has 0 atom stereocenters. The van der Waals surface area contributed by atoms with Gasteiger partial charge in [-0.05, 0) is 42.5 Å². The first-order valence-corrected chi connectivity index (χ1v) is 12.5. The Labute approximate surface area is 236 Å². The average Bonchev–Trinajstić information content (AvgIpc) is 2.96. The van der Waals surface area contributed by atoms with E-state index in [-0.39, 0.29) is 67.6 Å². The highest BCUT2D eigenvalue weighted by Gasteiger charge is 2.23. The Hall–Kier alpha value is -5.90. The van der Waals surface area contributed by atoms with Gasteiger partial charge in [0.1, 0.15) is 62.4 Å². The van der Waals surface area contributed by atoms with Crippen molar-refractivity contribution in [2.75, 3.05) is 14.2 Å². The third-order valence-corrected chi connectivity index (χ3v) is 6.86. The molecule has 0 saturated heterocycles. The fourth-order valence-corrected chi connectivity index (χ4v) is 4.93. The number of methoxy groups -OCH3 is 2. The predicted molar refractivity (Wildman–Crippen MR) is 155 cm³/mol. The van der Waals surface area contributed by atoms with Gasteiger partial charge in [-0.2, -0.15) is 0 Å². The van der Waals surface area contributed by atoms with Gasteiger partial charge in [-0.1, -0.05) is 0 Å². The van der Waals surface area contributed by atoms with Gasteiger partial charge < -0.3 is 38.7 Å². The fraction of sp³-hybridized carbons (Fsp3) is 0.0625. The van der Waals surface area contributed by atoms with Gasteiger partial charge in [-0.3, -0.25) is 9.59 Å². The Morgan fingerprint density at radius 3 is 1.93 bits per heavy atom. The highest BCUT2D eigenvalue weighted by atomic mass is 16.5. The fourth-order valence-electron chi connectivity index (χ4n) is 4.93. The number of phenolic OH excluding ortho intramolecular Hbond substituents is 4. The van der Waals surface area contributed by atoms with Crippen molar-refractivity contribution in [1.29, 1.82) is 0 Å². The summed E-state index contributed by atoms with van der Waals surface area (Å²) in [7, 11) is 2.79. The van der Waals surface area contributed by atoms with Crippen molar-refractivity contribution >= 4 is 21.9 Å². The molecule has 0 saturated carbocycles. The van der Waals surface area contributed by atoms with Crippen LogP contribution in [-0.2, 0) is 0 Å². The van der Waals surface area contributed by atoms with E-state index in [4.69, 9.17) is 18.3 Å². The minimum Gasteiger partial charge on any atom is -0.508 e. The molecule has 0 unspecified atom stereocenters. The predicted octanol–water partition coefficient (Wildman–Crippen LogP) is 5.74. The second-order valence-corrected chi connectivity index (χ2v) is 9.43. The Morgan fingerprint density at radius 2 is 1.24 bits per heavy atom. The number of hydrogen-bond acceptors (Lipinski definition) is 10. The molecule has 0 bridgehead atoms. The van der Waals surface area contributed by atoms with Gasteiger partial charge in [0.05, 0.1) is 19.8 Å². The Balaban J connectivity index is 1.62. The summed E-state index contributed by atoms with van der Waals surface area (Å²) >= 11 is 0. The quantitative estimate of drug-likeness (QED) is 0.203. The maximum atomic E-state index is 13.2. The van der Waals surface area contributed by atoms with Crippen LogP contribution in [0.4, 0.5) is 0 Å². The molecule has 6 aromatic rings. The molecule has 0 aliphatic heterocycles. The van der Waals surface area contributed by atoms with Crippen LogP contribution in [0, 0.1) is 0 Å². The number of hydrogen-bond donors (Lipinski definition) is 4. The summed E-state index contributed by atoms with van der Waals surface area (Å²) in [6, 6.07) is 16.9. The monoisotopic (exact) mass is 566 g/mol. The standard InChI is InChI=1S/C32H22O10/c1-39-24-8-5-16(26-14-23(38)31-27(40-2)10-18(34)11-28(31)41-26)9-19(24)29-20(35)12-21(36)30-22(37)13-25(42-32(29)30)15-3-6-17(33)7-4-15/h3-14,33-36H,1-2H3. The first-order valence-electron chi connectivity index (χ1n) is 12.5. The van der Waals surface area contributed by atoms with Crippen molar-refractivity contribution < 1.29 is 38.7 Å². The van der Waals surface area contributed by atoms with Gasteiger partial charge in [0.15, 0.2) is 16.4 Å². The van der Waals surface area contributed by atoms with E-state index in [9.17, 15) is 30.0 Å². The van der Waals surface area contributed by atoms with Crippen LogP contribution in [0.5, 0.6) is 34.5 Å². The molecule has 6 rings (SSSR count). The molecular weight excluding hydrogens is 544 g/mol. The molecule has 0 aliphatic carbocycles. The van der Waals surface area contributed by atoms with Crippen LogP contribution >= 0.6 is 0 Å². The lowest BCUT2D eigenvalue weighted by atomic mass is 9.96. The molecule has 0 amide bonds. The maximum absolute atomic E-state index is 13.2. The summed E-state index contributed by atoms with van der Waals surface area (Å²) < 4.78 is 22.9. The van der Waals surface area contributed by atoms with Crippen molar-refractivity contribution in [2.24, 2.45) is 0 Å². The van der Waals surface area contributed by atoms with Gasteiger partial charge in [-0.15, -0.1) is 0 Å². The van der Waals surface area contributed by atoms with E-state index < -0.39 is 22.4 Å². The Bertz CT molecular complexity index is 2140. The Kier molecular flexibility index (Phi) is 6.23. The minimum absolute atomic E-state index is 0.0217. The molecule has 10 nitrogen and oxygen atoms in total. The normalized spacial score (nSPS) is 11.2. The number of aromatic hydroxyl groups is 4. The summed E-state index contributed by atoms with van der Waals surface area (Å²) in [5.41, 5.74) is 0.164. The summed E-state index contributed by atoms with van der Waals surface area (Å²) in [5.74, 6) is -0.330. The minimum atomic E-state index is -0.567. The van der Waals surface area contributed by atoms with Crippen molar-refractivity contribution in [3.05, 3.63) is 93.2 Å². The number of phenols is 4. The largest absolute Gasteiger partial charge is 0.508 e. The zero-order chi connectivity index (χ0) is 29.7. The number of benzene rings is 4. The van der Waals surface area contributed by atoms with Crippen LogP contribution in [0.15, 0.2) is 91.2 Å². The molecule has 0 fully saturated rings. The average molecular weight is 567 g/mol. The van der Waals surface area contributed by atoms with E-state index in [0.29, 0.717) is 11.1 Å². The first-order chi connectivity index (χ1) is 20.2. The lowest BCUT2D eigenvalue weighted by molar-refractivity contribution is 0.411. The van der Waals surface area contributed by atoms with Crippen molar-refractivity contribution in [3.63, 3.8) is 0 Å². The Morgan fingerprint density at radius 1 is 0.595 bits per heavy atom. The zero-order valence-electron chi connectivity index (χ0n) is 22.2. The topological polar surface area (TPSA) is 160 Å². The second kappa shape index (κ2) is 9.93. The summed E-state index contributed by atoms with van der Waals surface area (Å²) in [6.45, 7) is 0. The highest BCUT2D eigenvalue weighted by molar-refractivity contribution is 6.01. The molecular formula is C32H22O10. The number of ether oxygens (including phenoxy) is 2. The van der Waals surface area contributed by atoms with Crippen LogP contribution in [0.1, 0.15) is 0 Å². The molecule has 0 aliphatic rings. The lowest BCUT2D eigenvalue weighted by Gasteiger charge is -2.15. The van der Waals surface area contributed by atoms with E-state index in [0.717, 1.165) is 6.07 Å². The van der Waals surface area contributed by atoms with Crippen molar-refractivity contribution in [1.82, 2.24) is 0 Å². The van der Waals surface area contributed by atoms with Crippen LogP contribution in [0.25, 0.3) is 55.7 Å². The molecule has 42 heavy (non-hydrogen) atoms. The SMILES string of the molecule is COc1ccc(-c2cc(=O)c3c(OC)cc(O)cc3o2)cc1-c1c(O)cc(O)c2c(=O)cc(-c3ccc(O)cc3)oc12. The van der Waals surface area contributed by atoms with Crippen molar-refractivity contribution in [3.8, 4) is 68.3 Å². The third-order valence-electron chi connectivity index (χ3n) is 6.86. The van der Waals surface area contributed by atoms with Gasteiger partial charge in [-0.25, -0.2) is 0 Å². The first kappa shape index (κ1) is 26.3. The lowest BCUT2D eigenvalue weighted by Crippen LogP contribution is -2.03. The van der Waals surface area contributed by atoms with Crippen LogP contribution in [-0.4, -0.2) is 34.6 Å². The van der Waals surface area contributed by atoms with Gasteiger partial charge in [0.2, 0.25) is 0 Å². The van der Waals surface area contributed by atoms with Gasteiger partial charge in [0, 0.05) is 47.0 Å². The van der Waals surface area contributed by atoms with E-state index in [1.54, 1.807) is 30.3 Å². The molecule has 4 N–H and O–H groups in total. The number of fused-ring (bicyclic) bond motifs is 2. The molecule has 2 heterocycles. The van der Waals surface area contributed by atoms with Gasteiger partial charge in [0.25, 0.3) is 0 Å². The second-order valence-electron chi connectivity index (χ2n) is 9.43. The molecule has 4 aromatic carbocycles. The van der Waals surface area contributed by atoms with Crippen LogP contribution in [0.2, 0.25) is 0 Å². The molecule has 0 spiro atoms. The van der Waals surface area contributed by atoms with Gasteiger partial charge >= 0.3 is 0 Å². The smallest absolute Gasteiger partial charge is 0.197 e. The molecule has 210 valence electrons. The maximum Gasteiger partial charge on any atom is 0.197 e.